The number of rotatable bonds is 8. The van der Waals surface area contributed by atoms with Crippen molar-refractivity contribution in [3.63, 3.8) is 0 Å². The van der Waals surface area contributed by atoms with E-state index in [1.165, 1.54) is 10.9 Å². The minimum atomic E-state index is -0.0184. The Morgan fingerprint density at radius 1 is 0.879 bits per heavy atom. The Hall–Kier alpha value is -3.85. The van der Waals surface area contributed by atoms with Gasteiger partial charge in [-0.1, -0.05) is 80.6 Å². The number of benzene rings is 4. The molecule has 0 fully saturated rings. The van der Waals surface area contributed by atoms with Gasteiger partial charge in [0, 0.05) is 11.1 Å². The van der Waals surface area contributed by atoms with Gasteiger partial charge in [-0.3, -0.25) is 4.79 Å². The molecule has 0 saturated carbocycles. The second-order valence-electron chi connectivity index (χ2n) is 8.34. The average molecular weight is 437 g/mol. The molecular formula is C30H28O3. The van der Waals surface area contributed by atoms with Gasteiger partial charge in [-0.05, 0) is 58.2 Å². The fourth-order valence-corrected chi connectivity index (χ4v) is 3.73. The number of carbonyl (C=O) groups is 1. The van der Waals surface area contributed by atoms with Crippen molar-refractivity contribution in [2.75, 3.05) is 7.11 Å². The van der Waals surface area contributed by atoms with Crippen molar-refractivity contribution in [2.45, 2.75) is 26.4 Å². The van der Waals surface area contributed by atoms with Gasteiger partial charge in [0.25, 0.3) is 0 Å². The molecule has 0 atom stereocenters. The van der Waals surface area contributed by atoms with Crippen LogP contribution in [0.1, 0.15) is 46.8 Å². The number of ether oxygens (including phenoxy) is 2. The summed E-state index contributed by atoms with van der Waals surface area (Å²) in [5, 5.41) is 2.32. The van der Waals surface area contributed by atoms with E-state index in [4.69, 9.17) is 9.47 Å². The molecule has 4 aromatic carbocycles. The van der Waals surface area contributed by atoms with Crippen LogP contribution in [-0.4, -0.2) is 12.9 Å². The molecule has 0 N–H and O–H groups in total. The maximum absolute atomic E-state index is 12.6. The molecule has 0 radical (unpaired) electrons. The summed E-state index contributed by atoms with van der Waals surface area (Å²) in [6.07, 6.45) is 3.44. The van der Waals surface area contributed by atoms with E-state index in [1.54, 1.807) is 13.2 Å². The Bertz CT molecular complexity index is 1280. The normalized spacial score (nSPS) is 11.3. The van der Waals surface area contributed by atoms with Gasteiger partial charge < -0.3 is 9.47 Å². The largest absolute Gasteiger partial charge is 0.496 e. The quantitative estimate of drug-likeness (QED) is 0.213. The molecule has 0 unspecified atom stereocenters. The van der Waals surface area contributed by atoms with Gasteiger partial charge in [-0.25, -0.2) is 0 Å². The first kappa shape index (κ1) is 22.3. The van der Waals surface area contributed by atoms with Gasteiger partial charge in [-0.2, -0.15) is 0 Å². The molecule has 0 heterocycles. The van der Waals surface area contributed by atoms with Gasteiger partial charge in [0.05, 0.1) is 7.11 Å². The van der Waals surface area contributed by atoms with E-state index in [2.05, 4.69) is 32.0 Å². The minimum absolute atomic E-state index is 0.0184. The molecule has 0 aliphatic heterocycles. The number of ketones is 1. The topological polar surface area (TPSA) is 35.5 Å². The minimum Gasteiger partial charge on any atom is -0.496 e. The maximum atomic E-state index is 12.6. The SMILES string of the molecule is COc1ccc(/C=C/C(=O)c2ccc(C(C)C)cc2)cc1COc1ccc2ccccc2c1. The second kappa shape index (κ2) is 10.2. The summed E-state index contributed by atoms with van der Waals surface area (Å²) in [6.45, 7) is 4.65. The van der Waals surface area contributed by atoms with Crippen molar-refractivity contribution >= 4 is 22.6 Å². The van der Waals surface area contributed by atoms with Crippen LogP contribution < -0.4 is 9.47 Å². The molecule has 0 amide bonds. The second-order valence-corrected chi connectivity index (χ2v) is 8.34. The van der Waals surface area contributed by atoms with Gasteiger partial charge in [0.15, 0.2) is 5.78 Å². The summed E-state index contributed by atoms with van der Waals surface area (Å²) in [5.41, 5.74) is 3.74. The highest BCUT2D eigenvalue weighted by molar-refractivity contribution is 6.06. The molecular weight excluding hydrogens is 408 g/mol. The number of fused-ring (bicyclic) bond motifs is 1. The predicted molar refractivity (Wildman–Crippen MR) is 135 cm³/mol. The highest BCUT2D eigenvalue weighted by Gasteiger charge is 2.07. The molecule has 0 saturated heterocycles. The molecule has 4 aromatic rings. The Morgan fingerprint density at radius 3 is 2.36 bits per heavy atom. The van der Waals surface area contributed by atoms with Crippen molar-refractivity contribution in [1.82, 2.24) is 0 Å². The van der Waals surface area contributed by atoms with Crippen molar-refractivity contribution in [1.29, 1.82) is 0 Å². The molecule has 0 aliphatic carbocycles. The van der Waals surface area contributed by atoms with Crippen molar-refractivity contribution in [2.24, 2.45) is 0 Å². The first-order valence-corrected chi connectivity index (χ1v) is 11.1. The standard InChI is InChI=1S/C30H28O3/c1-21(2)23-10-12-25(13-11-23)29(31)16-8-22-9-17-30(32-3)27(18-22)20-33-28-15-14-24-6-4-5-7-26(24)19-28/h4-19,21H,20H2,1-3H3/b16-8+. The zero-order valence-electron chi connectivity index (χ0n) is 19.2. The molecule has 3 nitrogen and oxygen atoms in total. The van der Waals surface area contributed by atoms with E-state index in [9.17, 15) is 4.79 Å². The van der Waals surface area contributed by atoms with Crippen LogP contribution in [0.3, 0.4) is 0 Å². The van der Waals surface area contributed by atoms with Crippen LogP contribution in [0.4, 0.5) is 0 Å². The number of carbonyl (C=O) groups excluding carboxylic acids is 1. The van der Waals surface area contributed by atoms with E-state index in [-0.39, 0.29) is 5.78 Å². The molecule has 33 heavy (non-hydrogen) atoms. The summed E-state index contributed by atoms with van der Waals surface area (Å²) >= 11 is 0. The molecule has 166 valence electrons. The Morgan fingerprint density at radius 2 is 1.64 bits per heavy atom. The van der Waals surface area contributed by atoms with E-state index >= 15 is 0 Å². The fraction of sp³-hybridized carbons (Fsp3) is 0.167. The van der Waals surface area contributed by atoms with Crippen LogP contribution in [0.2, 0.25) is 0 Å². The van der Waals surface area contributed by atoms with Crippen LogP contribution in [0.25, 0.3) is 16.8 Å². The first-order valence-electron chi connectivity index (χ1n) is 11.1. The lowest BCUT2D eigenvalue weighted by Gasteiger charge is -2.12. The van der Waals surface area contributed by atoms with E-state index in [0.29, 0.717) is 18.1 Å². The Labute approximate surface area is 195 Å². The summed E-state index contributed by atoms with van der Waals surface area (Å²) < 4.78 is 11.6. The fourth-order valence-electron chi connectivity index (χ4n) is 3.73. The summed E-state index contributed by atoms with van der Waals surface area (Å²) in [4.78, 5) is 12.6. The smallest absolute Gasteiger partial charge is 0.185 e. The molecule has 3 heteroatoms. The van der Waals surface area contributed by atoms with Crippen LogP contribution in [0.5, 0.6) is 11.5 Å². The number of hydrogen-bond donors (Lipinski definition) is 0. The van der Waals surface area contributed by atoms with E-state index < -0.39 is 0 Å². The van der Waals surface area contributed by atoms with E-state index in [1.807, 2.05) is 72.8 Å². The monoisotopic (exact) mass is 436 g/mol. The summed E-state index contributed by atoms with van der Waals surface area (Å²) in [6, 6.07) is 27.9. The van der Waals surface area contributed by atoms with Crippen LogP contribution in [0, 0.1) is 0 Å². The van der Waals surface area contributed by atoms with Gasteiger partial charge in [-0.15, -0.1) is 0 Å². The van der Waals surface area contributed by atoms with Crippen LogP contribution >= 0.6 is 0 Å². The van der Waals surface area contributed by atoms with Gasteiger partial charge in [0.1, 0.15) is 18.1 Å². The van der Waals surface area contributed by atoms with Crippen molar-refractivity contribution in [3.8, 4) is 11.5 Å². The maximum Gasteiger partial charge on any atom is 0.185 e. The zero-order valence-corrected chi connectivity index (χ0v) is 19.2. The lowest BCUT2D eigenvalue weighted by molar-refractivity contribution is 0.104. The molecule has 0 aliphatic rings. The van der Waals surface area contributed by atoms with Crippen molar-refractivity contribution < 1.29 is 14.3 Å². The van der Waals surface area contributed by atoms with E-state index in [0.717, 1.165) is 28.0 Å². The number of allylic oxidation sites excluding steroid dienone is 1. The highest BCUT2D eigenvalue weighted by atomic mass is 16.5. The third kappa shape index (κ3) is 5.50. The zero-order chi connectivity index (χ0) is 23.2. The lowest BCUT2D eigenvalue weighted by atomic mass is 10.00. The van der Waals surface area contributed by atoms with Gasteiger partial charge >= 0.3 is 0 Å². The predicted octanol–water partition coefficient (Wildman–Crippen LogP) is 7.45. The van der Waals surface area contributed by atoms with Crippen molar-refractivity contribution in [3.05, 3.63) is 113 Å². The lowest BCUT2D eigenvalue weighted by Crippen LogP contribution is -1.99. The third-order valence-corrected chi connectivity index (χ3v) is 5.71. The highest BCUT2D eigenvalue weighted by Crippen LogP contribution is 2.25. The third-order valence-electron chi connectivity index (χ3n) is 5.71. The first-order chi connectivity index (χ1) is 16.0. The number of methoxy groups -OCH3 is 1. The van der Waals surface area contributed by atoms with Crippen LogP contribution in [-0.2, 0) is 6.61 Å². The average Bonchev–Trinajstić information content (AvgIpc) is 2.86. The summed E-state index contributed by atoms with van der Waals surface area (Å²) in [5.74, 6) is 1.98. The van der Waals surface area contributed by atoms with Crippen LogP contribution in [0.15, 0.2) is 91.0 Å². The number of hydrogen-bond acceptors (Lipinski definition) is 3. The molecule has 0 bridgehead atoms. The Kier molecular flexibility index (Phi) is 6.89. The molecule has 4 rings (SSSR count). The summed E-state index contributed by atoms with van der Waals surface area (Å²) in [7, 11) is 1.65. The van der Waals surface area contributed by atoms with Gasteiger partial charge in [0.2, 0.25) is 0 Å². The molecule has 0 aromatic heterocycles. The Balaban J connectivity index is 1.47. The molecule has 0 spiro atoms.